The first-order valence-corrected chi connectivity index (χ1v) is 6.00. The second-order valence-electron chi connectivity index (χ2n) is 3.55. The number of nitrogens with zero attached hydrogens (tertiary/aromatic N) is 3. The van der Waals surface area contributed by atoms with Crippen LogP contribution >= 0.6 is 0 Å². The van der Waals surface area contributed by atoms with Crippen LogP contribution in [0.3, 0.4) is 0 Å². The fraction of sp³-hybridized carbons (Fsp3) is 0.500. The standard InChI is InChI=1S/C10H15N5.C2H6/c11-9(14-5-1-2-6-14)13-10(12)15-7-3-4-8-15;1-2/h1-4H,5-8H2,(H3,11,12,13);1-2H3. The van der Waals surface area contributed by atoms with Crippen molar-refractivity contribution in [2.75, 3.05) is 26.2 Å². The lowest BCUT2D eigenvalue weighted by Gasteiger charge is -2.19. The third kappa shape index (κ3) is 3.62. The van der Waals surface area contributed by atoms with Gasteiger partial charge in [0.1, 0.15) is 0 Å². The Morgan fingerprint density at radius 2 is 1.41 bits per heavy atom. The topological polar surface area (TPSA) is 68.7 Å². The van der Waals surface area contributed by atoms with E-state index in [9.17, 15) is 0 Å². The Morgan fingerprint density at radius 1 is 1.00 bits per heavy atom. The number of nitrogens with two attached hydrogens (primary N) is 1. The van der Waals surface area contributed by atoms with Gasteiger partial charge in [-0.25, -0.2) is 0 Å². The Morgan fingerprint density at radius 3 is 1.88 bits per heavy atom. The highest BCUT2D eigenvalue weighted by Crippen LogP contribution is 2.02. The molecule has 0 spiro atoms. The molecule has 3 N–H and O–H groups in total. The predicted molar refractivity (Wildman–Crippen MR) is 72.1 cm³/mol. The number of guanidine groups is 2. The van der Waals surface area contributed by atoms with E-state index in [2.05, 4.69) is 4.99 Å². The summed E-state index contributed by atoms with van der Waals surface area (Å²) in [6.07, 6.45) is 8.14. The monoisotopic (exact) mass is 235 g/mol. The minimum absolute atomic E-state index is 0.240. The van der Waals surface area contributed by atoms with Gasteiger partial charge in [0.2, 0.25) is 5.96 Å². The van der Waals surface area contributed by atoms with Crippen LogP contribution in [-0.4, -0.2) is 47.9 Å². The highest BCUT2D eigenvalue weighted by atomic mass is 15.3. The van der Waals surface area contributed by atoms with Gasteiger partial charge in [0.15, 0.2) is 5.96 Å². The first-order chi connectivity index (χ1) is 8.27. The second kappa shape index (κ2) is 6.73. The highest BCUT2D eigenvalue weighted by molar-refractivity contribution is 5.93. The van der Waals surface area contributed by atoms with Crippen LogP contribution in [-0.2, 0) is 0 Å². The first-order valence-electron chi connectivity index (χ1n) is 6.00. The summed E-state index contributed by atoms with van der Waals surface area (Å²) in [5, 5.41) is 7.75. The van der Waals surface area contributed by atoms with Crippen molar-refractivity contribution in [3.63, 3.8) is 0 Å². The van der Waals surface area contributed by atoms with Crippen molar-refractivity contribution in [2.45, 2.75) is 13.8 Å². The summed E-state index contributed by atoms with van der Waals surface area (Å²) in [4.78, 5) is 7.88. The number of nitrogens with one attached hydrogen (secondary N) is 1. The molecular formula is C12H21N5. The maximum absolute atomic E-state index is 7.75. The zero-order chi connectivity index (χ0) is 12.7. The summed E-state index contributed by atoms with van der Waals surface area (Å²) < 4.78 is 0. The lowest BCUT2D eigenvalue weighted by atomic mass is 10.6. The zero-order valence-corrected chi connectivity index (χ0v) is 10.6. The second-order valence-corrected chi connectivity index (χ2v) is 3.55. The molecule has 0 aromatic rings. The minimum atomic E-state index is 0.240. The molecule has 0 aliphatic carbocycles. The summed E-state index contributed by atoms with van der Waals surface area (Å²) in [5.41, 5.74) is 5.80. The summed E-state index contributed by atoms with van der Waals surface area (Å²) in [5.74, 6) is 0.668. The zero-order valence-electron chi connectivity index (χ0n) is 10.6. The maximum atomic E-state index is 7.75. The Hall–Kier alpha value is -1.78. The predicted octanol–water partition coefficient (Wildman–Crippen LogP) is 1.01. The van der Waals surface area contributed by atoms with Crippen molar-refractivity contribution in [1.82, 2.24) is 9.80 Å². The molecule has 2 heterocycles. The van der Waals surface area contributed by atoms with E-state index in [0.29, 0.717) is 5.96 Å². The Bertz CT molecular complexity index is 327. The van der Waals surface area contributed by atoms with Crippen LogP contribution in [0, 0.1) is 5.41 Å². The van der Waals surface area contributed by atoms with E-state index in [1.807, 2.05) is 48.0 Å². The van der Waals surface area contributed by atoms with Crippen LogP contribution in [0.25, 0.3) is 0 Å². The summed E-state index contributed by atoms with van der Waals surface area (Å²) in [6, 6.07) is 0. The van der Waals surface area contributed by atoms with E-state index in [4.69, 9.17) is 11.1 Å². The first kappa shape index (κ1) is 13.3. The number of aliphatic imine (C=N–C) groups is 1. The van der Waals surface area contributed by atoms with E-state index in [-0.39, 0.29) is 5.96 Å². The lowest BCUT2D eigenvalue weighted by molar-refractivity contribution is 0.515. The third-order valence-corrected chi connectivity index (χ3v) is 2.48. The molecule has 0 bridgehead atoms. The molecule has 5 nitrogen and oxygen atoms in total. The molecule has 0 radical (unpaired) electrons. The average Bonchev–Trinajstić information content (AvgIpc) is 3.05. The highest BCUT2D eigenvalue weighted by Gasteiger charge is 2.13. The van der Waals surface area contributed by atoms with Crippen molar-refractivity contribution < 1.29 is 0 Å². The molecule has 17 heavy (non-hydrogen) atoms. The Kier molecular flexibility index (Phi) is 5.26. The van der Waals surface area contributed by atoms with E-state index in [1.165, 1.54) is 0 Å². The van der Waals surface area contributed by atoms with Crippen LogP contribution in [0.1, 0.15) is 13.8 Å². The van der Waals surface area contributed by atoms with E-state index < -0.39 is 0 Å². The molecule has 94 valence electrons. The van der Waals surface area contributed by atoms with Gasteiger partial charge in [-0.1, -0.05) is 38.2 Å². The van der Waals surface area contributed by atoms with Crippen molar-refractivity contribution in [2.24, 2.45) is 10.7 Å². The summed E-state index contributed by atoms with van der Waals surface area (Å²) in [6.45, 7) is 7.10. The SMILES string of the molecule is CC.N=C(/N=C(\N)N1CC=CC1)N1CC=CC1. The van der Waals surface area contributed by atoms with E-state index in [0.717, 1.165) is 26.2 Å². The number of hydrogen-bond donors (Lipinski definition) is 2. The van der Waals surface area contributed by atoms with Crippen LogP contribution in [0.4, 0.5) is 0 Å². The van der Waals surface area contributed by atoms with E-state index in [1.54, 1.807) is 0 Å². The van der Waals surface area contributed by atoms with Crippen LogP contribution < -0.4 is 5.73 Å². The number of rotatable bonds is 0. The van der Waals surface area contributed by atoms with Crippen LogP contribution in [0.5, 0.6) is 0 Å². The normalized spacial score (nSPS) is 18.4. The molecule has 0 fully saturated rings. The minimum Gasteiger partial charge on any atom is -0.369 e. The summed E-state index contributed by atoms with van der Waals surface area (Å²) >= 11 is 0. The van der Waals surface area contributed by atoms with Gasteiger partial charge in [-0.2, -0.15) is 4.99 Å². The molecule has 2 aliphatic heterocycles. The average molecular weight is 235 g/mol. The summed E-state index contributed by atoms with van der Waals surface area (Å²) in [7, 11) is 0. The van der Waals surface area contributed by atoms with Gasteiger partial charge in [-0.05, 0) is 0 Å². The third-order valence-electron chi connectivity index (χ3n) is 2.48. The molecule has 0 aromatic heterocycles. The van der Waals surface area contributed by atoms with Gasteiger partial charge in [0, 0.05) is 26.2 Å². The van der Waals surface area contributed by atoms with Crippen LogP contribution in [0.15, 0.2) is 29.3 Å². The molecular weight excluding hydrogens is 214 g/mol. The number of hydrogen-bond acceptors (Lipinski definition) is 1. The molecule has 0 amide bonds. The van der Waals surface area contributed by atoms with Crippen molar-refractivity contribution >= 4 is 11.9 Å². The molecule has 0 aromatic carbocycles. The molecule has 0 saturated carbocycles. The van der Waals surface area contributed by atoms with Crippen LogP contribution in [0.2, 0.25) is 0 Å². The van der Waals surface area contributed by atoms with E-state index >= 15 is 0 Å². The fourth-order valence-electron chi connectivity index (χ4n) is 1.57. The Balaban J connectivity index is 0.000000686. The molecule has 0 atom stereocenters. The van der Waals surface area contributed by atoms with Crippen molar-refractivity contribution in [1.29, 1.82) is 5.41 Å². The lowest BCUT2D eigenvalue weighted by Crippen LogP contribution is -2.38. The molecule has 5 heteroatoms. The molecule has 0 unspecified atom stereocenters. The van der Waals surface area contributed by atoms with Gasteiger partial charge in [-0.3, -0.25) is 5.41 Å². The van der Waals surface area contributed by atoms with Gasteiger partial charge >= 0.3 is 0 Å². The smallest absolute Gasteiger partial charge is 0.221 e. The largest absolute Gasteiger partial charge is 0.369 e. The maximum Gasteiger partial charge on any atom is 0.221 e. The van der Waals surface area contributed by atoms with Crippen molar-refractivity contribution in [3.05, 3.63) is 24.3 Å². The molecule has 0 saturated heterocycles. The fourth-order valence-corrected chi connectivity index (χ4v) is 1.57. The van der Waals surface area contributed by atoms with Gasteiger partial charge in [0.25, 0.3) is 0 Å². The van der Waals surface area contributed by atoms with Gasteiger partial charge in [0.05, 0.1) is 0 Å². The Labute approximate surface area is 103 Å². The van der Waals surface area contributed by atoms with Gasteiger partial charge in [-0.15, -0.1) is 0 Å². The van der Waals surface area contributed by atoms with Crippen molar-refractivity contribution in [3.8, 4) is 0 Å². The quantitative estimate of drug-likeness (QED) is 0.374. The molecule has 2 aliphatic rings. The van der Waals surface area contributed by atoms with Gasteiger partial charge < -0.3 is 15.5 Å². The molecule has 2 rings (SSSR count).